The topological polar surface area (TPSA) is 81.3 Å². The van der Waals surface area contributed by atoms with Crippen molar-refractivity contribution in [2.75, 3.05) is 0 Å². The van der Waals surface area contributed by atoms with Gasteiger partial charge in [-0.25, -0.2) is 0 Å². The molecule has 0 bridgehead atoms. The molecule has 0 radical (unpaired) electrons. The van der Waals surface area contributed by atoms with E-state index in [9.17, 15) is 20.3 Å². The highest BCUT2D eigenvalue weighted by Crippen LogP contribution is 2.67. The molecule has 0 heterocycles. The Balaban J connectivity index is 2.12. The lowest BCUT2D eigenvalue weighted by Crippen LogP contribution is -2.62. The van der Waals surface area contributed by atoms with Gasteiger partial charge in [0, 0.05) is 11.8 Å². The molecule has 132 valence electrons. The van der Waals surface area contributed by atoms with Crippen LogP contribution in [-0.2, 0) is 4.79 Å². The van der Waals surface area contributed by atoms with Crippen LogP contribution in [0.15, 0.2) is 11.6 Å². The van der Waals surface area contributed by atoms with E-state index in [0.717, 1.165) is 25.7 Å². The normalized spacial score (nSPS) is 47.8. The number of nitrogens with zero attached hydrogens (tertiary/aromatic N) is 1. The molecule has 4 heteroatoms. The smallest absolute Gasteiger partial charge is 0.309 e. The molecule has 2 unspecified atom stereocenters. The van der Waals surface area contributed by atoms with Crippen molar-refractivity contribution in [3.63, 3.8) is 0 Å². The van der Waals surface area contributed by atoms with Gasteiger partial charge in [0.1, 0.15) is 0 Å². The minimum absolute atomic E-state index is 0.0325. The number of carbonyl (C=O) groups is 1. The van der Waals surface area contributed by atoms with Gasteiger partial charge in [-0.2, -0.15) is 5.26 Å². The van der Waals surface area contributed by atoms with Gasteiger partial charge in [0.15, 0.2) is 0 Å². The average Bonchev–Trinajstić information content (AvgIpc) is 2.50. The van der Waals surface area contributed by atoms with Crippen LogP contribution >= 0.6 is 0 Å². The van der Waals surface area contributed by atoms with Crippen molar-refractivity contribution < 1.29 is 15.0 Å². The van der Waals surface area contributed by atoms with Crippen LogP contribution in [0.4, 0.5) is 0 Å². The van der Waals surface area contributed by atoms with E-state index in [-0.39, 0.29) is 17.3 Å². The fourth-order valence-corrected chi connectivity index (χ4v) is 6.53. The molecule has 0 spiro atoms. The second-order valence-corrected chi connectivity index (χ2v) is 8.92. The van der Waals surface area contributed by atoms with Crippen LogP contribution in [0, 0.1) is 39.4 Å². The van der Waals surface area contributed by atoms with Crippen LogP contribution in [0.3, 0.4) is 0 Å². The third-order valence-electron chi connectivity index (χ3n) is 7.72. The number of aliphatic hydroxyl groups is 1. The highest BCUT2D eigenvalue weighted by molar-refractivity contribution is 5.75. The second-order valence-electron chi connectivity index (χ2n) is 8.92. The maximum Gasteiger partial charge on any atom is 0.309 e. The van der Waals surface area contributed by atoms with E-state index in [1.165, 1.54) is 5.57 Å². The zero-order chi connectivity index (χ0) is 17.8. The van der Waals surface area contributed by atoms with E-state index in [1.54, 1.807) is 0 Å². The van der Waals surface area contributed by atoms with Gasteiger partial charge in [-0.05, 0) is 63.2 Å². The molecule has 0 amide bonds. The lowest BCUT2D eigenvalue weighted by atomic mass is 9.40. The number of carboxylic acids is 1. The predicted octanol–water partition coefficient (Wildman–Crippen LogP) is 3.90. The van der Waals surface area contributed by atoms with E-state index in [1.807, 2.05) is 6.92 Å². The van der Waals surface area contributed by atoms with Gasteiger partial charge in [-0.3, -0.25) is 4.79 Å². The summed E-state index contributed by atoms with van der Waals surface area (Å²) in [5, 5.41) is 30.4. The van der Waals surface area contributed by atoms with Gasteiger partial charge in [0.25, 0.3) is 0 Å². The summed E-state index contributed by atoms with van der Waals surface area (Å²) >= 11 is 0. The second kappa shape index (κ2) is 5.59. The average molecular weight is 331 g/mol. The molecular weight excluding hydrogens is 302 g/mol. The summed E-state index contributed by atoms with van der Waals surface area (Å²) in [6.07, 6.45) is 6.85. The summed E-state index contributed by atoms with van der Waals surface area (Å²) in [4.78, 5) is 12.1. The third-order valence-corrected chi connectivity index (χ3v) is 7.72. The summed E-state index contributed by atoms with van der Waals surface area (Å²) in [5.74, 6) is -0.586. The number of carboxylic acid groups (broad SMARTS) is 1. The predicted molar refractivity (Wildman–Crippen MR) is 91.0 cm³/mol. The standard InChI is InChI=1S/C20H29NO3/c1-13-5-6-14-18(2)7-4-8-19(3,17(23)24)15(18)11-16(22)20(14,12-13)9-10-21/h12,14-16,22H,4-9,11H2,1-3H3,(H,23,24)/t14?,15?,16-,18-,19+,20+/m0/s1. The number of allylic oxidation sites excluding steroid dienone is 1. The highest BCUT2D eigenvalue weighted by atomic mass is 16.4. The van der Waals surface area contributed by atoms with Gasteiger partial charge in [-0.15, -0.1) is 0 Å². The lowest BCUT2D eigenvalue weighted by molar-refractivity contribution is -0.194. The number of aliphatic carboxylic acids is 1. The summed E-state index contributed by atoms with van der Waals surface area (Å²) in [7, 11) is 0. The molecule has 6 atom stereocenters. The fourth-order valence-electron chi connectivity index (χ4n) is 6.53. The van der Waals surface area contributed by atoms with Crippen LogP contribution in [0.1, 0.15) is 65.7 Å². The Morgan fingerprint density at radius 2 is 2.08 bits per heavy atom. The molecule has 0 aliphatic heterocycles. The van der Waals surface area contributed by atoms with Gasteiger partial charge in [-0.1, -0.05) is 25.0 Å². The van der Waals surface area contributed by atoms with Gasteiger partial charge < -0.3 is 10.2 Å². The molecule has 2 N–H and O–H groups in total. The van der Waals surface area contributed by atoms with Crippen molar-refractivity contribution in [1.29, 1.82) is 5.26 Å². The van der Waals surface area contributed by atoms with Crippen molar-refractivity contribution in [1.82, 2.24) is 0 Å². The van der Waals surface area contributed by atoms with Crippen molar-refractivity contribution in [2.24, 2.45) is 28.1 Å². The Morgan fingerprint density at radius 3 is 2.71 bits per heavy atom. The molecule has 24 heavy (non-hydrogen) atoms. The Labute approximate surface area is 144 Å². The van der Waals surface area contributed by atoms with Crippen LogP contribution in [0.2, 0.25) is 0 Å². The fraction of sp³-hybridized carbons (Fsp3) is 0.800. The summed E-state index contributed by atoms with van der Waals surface area (Å²) in [6, 6.07) is 2.31. The number of hydrogen-bond donors (Lipinski definition) is 2. The Hall–Kier alpha value is -1.34. The first-order valence-corrected chi connectivity index (χ1v) is 9.17. The number of hydrogen-bond acceptors (Lipinski definition) is 3. The summed E-state index contributed by atoms with van der Waals surface area (Å²) in [6.45, 7) is 6.18. The molecule has 2 fully saturated rings. The molecule has 0 aromatic rings. The molecule has 0 aromatic carbocycles. The van der Waals surface area contributed by atoms with Crippen molar-refractivity contribution in [3.05, 3.63) is 11.6 Å². The van der Waals surface area contributed by atoms with Crippen LogP contribution < -0.4 is 0 Å². The Bertz CT molecular complexity index is 621. The van der Waals surface area contributed by atoms with Crippen LogP contribution in [0.25, 0.3) is 0 Å². The third kappa shape index (κ3) is 2.17. The molecule has 3 aliphatic carbocycles. The number of fused-ring (bicyclic) bond motifs is 3. The molecular formula is C20H29NO3. The zero-order valence-electron chi connectivity index (χ0n) is 15.0. The van der Waals surface area contributed by atoms with Gasteiger partial charge >= 0.3 is 5.97 Å². The number of rotatable bonds is 2. The highest BCUT2D eigenvalue weighted by Gasteiger charge is 2.65. The first-order chi connectivity index (χ1) is 11.2. The van der Waals surface area contributed by atoms with Crippen molar-refractivity contribution >= 4 is 5.97 Å². The maximum absolute atomic E-state index is 12.1. The number of aliphatic hydroxyl groups excluding tert-OH is 1. The summed E-state index contributed by atoms with van der Waals surface area (Å²) < 4.78 is 0. The number of nitriles is 1. The zero-order valence-corrected chi connectivity index (χ0v) is 15.0. The molecule has 0 aromatic heterocycles. The van der Waals surface area contributed by atoms with Gasteiger partial charge in [0.2, 0.25) is 0 Å². The lowest BCUT2D eigenvalue weighted by Gasteiger charge is -2.64. The minimum atomic E-state index is -0.775. The molecule has 2 saturated carbocycles. The van der Waals surface area contributed by atoms with Crippen LogP contribution in [0.5, 0.6) is 0 Å². The van der Waals surface area contributed by atoms with Crippen molar-refractivity contribution in [3.8, 4) is 6.07 Å². The van der Waals surface area contributed by atoms with E-state index >= 15 is 0 Å². The monoisotopic (exact) mass is 331 g/mol. The first-order valence-electron chi connectivity index (χ1n) is 9.17. The molecule has 3 aliphatic rings. The quantitative estimate of drug-likeness (QED) is 0.752. The largest absolute Gasteiger partial charge is 0.481 e. The Morgan fingerprint density at radius 1 is 1.38 bits per heavy atom. The van der Waals surface area contributed by atoms with Crippen molar-refractivity contribution in [2.45, 2.75) is 71.8 Å². The van der Waals surface area contributed by atoms with E-state index in [4.69, 9.17) is 0 Å². The SMILES string of the molecule is CC1=C[C@]2(CC#N)C(CC1)[C@]1(C)CCC[C@@](C)(C(=O)O)C1C[C@@H]2O. The van der Waals surface area contributed by atoms with E-state index < -0.39 is 22.9 Å². The molecule has 4 nitrogen and oxygen atoms in total. The molecule has 3 rings (SSSR count). The first kappa shape index (κ1) is 17.5. The maximum atomic E-state index is 12.1. The van der Waals surface area contributed by atoms with E-state index in [0.29, 0.717) is 19.3 Å². The Kier molecular flexibility index (Phi) is 4.07. The van der Waals surface area contributed by atoms with Gasteiger partial charge in [0.05, 0.1) is 17.6 Å². The van der Waals surface area contributed by atoms with Crippen LogP contribution in [-0.4, -0.2) is 22.3 Å². The molecule has 0 saturated heterocycles. The summed E-state index contributed by atoms with van der Waals surface area (Å²) in [5.41, 5.74) is -0.153. The van der Waals surface area contributed by atoms with E-state index in [2.05, 4.69) is 26.0 Å². The minimum Gasteiger partial charge on any atom is -0.481 e.